The Morgan fingerprint density at radius 1 is 0.636 bits per heavy atom. The Balaban J connectivity index is 1.41. The number of benzene rings is 5. The van der Waals surface area contributed by atoms with Gasteiger partial charge < -0.3 is 4.42 Å². The molecular formula is C40H27F3O. The van der Waals surface area contributed by atoms with Gasteiger partial charge in [0.15, 0.2) is 0 Å². The summed E-state index contributed by atoms with van der Waals surface area (Å²) in [5, 5.41) is 1.74. The molecular weight excluding hydrogens is 553 g/mol. The number of hydrogen-bond acceptors (Lipinski definition) is 1. The number of hydrogen-bond donors (Lipinski definition) is 0. The molecule has 0 N–H and O–H groups in total. The molecule has 0 fully saturated rings. The highest BCUT2D eigenvalue weighted by Gasteiger charge is 2.37. The molecule has 0 amide bonds. The van der Waals surface area contributed by atoms with Crippen LogP contribution in [0.2, 0.25) is 0 Å². The first-order chi connectivity index (χ1) is 21.4. The molecule has 44 heavy (non-hydrogen) atoms. The van der Waals surface area contributed by atoms with Gasteiger partial charge in [-0.15, -0.1) is 0 Å². The van der Waals surface area contributed by atoms with Crippen molar-refractivity contribution in [3.63, 3.8) is 0 Å². The summed E-state index contributed by atoms with van der Waals surface area (Å²) in [6, 6.07) is 31.6. The monoisotopic (exact) mass is 580 g/mol. The Morgan fingerprint density at radius 2 is 1.34 bits per heavy atom. The third-order valence-electron chi connectivity index (χ3n) is 9.07. The molecule has 0 saturated heterocycles. The normalized spacial score (nSPS) is 17.5. The van der Waals surface area contributed by atoms with E-state index in [-0.39, 0.29) is 22.8 Å². The number of allylic oxidation sites excluding steroid dienone is 5. The molecule has 1 nitrogen and oxygen atoms in total. The maximum Gasteiger partial charge on any atom is 0.417 e. The molecule has 2 atom stereocenters. The second-order valence-electron chi connectivity index (χ2n) is 11.6. The minimum atomic E-state index is -4.56. The molecule has 214 valence electrons. The van der Waals surface area contributed by atoms with Crippen LogP contribution in [-0.2, 0) is 6.18 Å². The topological polar surface area (TPSA) is 13.1 Å². The van der Waals surface area contributed by atoms with Crippen LogP contribution in [0.15, 0.2) is 137 Å². The Hall–Kier alpha value is -5.09. The third kappa shape index (κ3) is 4.24. The molecule has 2 unspecified atom stereocenters. The summed E-state index contributed by atoms with van der Waals surface area (Å²) >= 11 is 0. The van der Waals surface area contributed by atoms with Crippen molar-refractivity contribution in [3.8, 4) is 33.4 Å². The van der Waals surface area contributed by atoms with Crippen LogP contribution < -0.4 is 0 Å². The zero-order valence-electron chi connectivity index (χ0n) is 23.9. The van der Waals surface area contributed by atoms with Crippen LogP contribution >= 0.6 is 0 Å². The van der Waals surface area contributed by atoms with Gasteiger partial charge in [0.1, 0.15) is 11.3 Å². The van der Waals surface area contributed by atoms with Crippen LogP contribution in [-0.4, -0.2) is 0 Å². The Bertz CT molecular complexity index is 2160. The summed E-state index contributed by atoms with van der Waals surface area (Å²) in [4.78, 5) is 0. The fourth-order valence-corrected chi connectivity index (χ4v) is 7.01. The fourth-order valence-electron chi connectivity index (χ4n) is 7.01. The minimum absolute atomic E-state index is 0.167. The van der Waals surface area contributed by atoms with E-state index in [4.69, 9.17) is 4.42 Å². The predicted octanol–water partition coefficient (Wildman–Crippen LogP) is 11.8. The molecule has 1 heterocycles. The van der Waals surface area contributed by atoms with Crippen molar-refractivity contribution in [3.05, 3.63) is 150 Å². The minimum Gasteiger partial charge on any atom is -0.456 e. The maximum atomic E-state index is 15.0. The predicted molar refractivity (Wildman–Crippen MR) is 173 cm³/mol. The summed E-state index contributed by atoms with van der Waals surface area (Å²) in [6.07, 6.45) is 6.04. The lowest BCUT2D eigenvalue weighted by Crippen LogP contribution is -2.15. The Morgan fingerprint density at radius 3 is 2.09 bits per heavy atom. The van der Waals surface area contributed by atoms with E-state index in [1.807, 2.05) is 66.7 Å². The van der Waals surface area contributed by atoms with Crippen molar-refractivity contribution >= 4 is 27.8 Å². The van der Waals surface area contributed by atoms with E-state index in [1.54, 1.807) is 36.4 Å². The number of fused-ring (bicyclic) bond motifs is 5. The molecule has 2 aliphatic rings. The van der Waals surface area contributed by atoms with Crippen molar-refractivity contribution in [2.24, 2.45) is 5.92 Å². The quantitative estimate of drug-likeness (QED) is 0.203. The average Bonchev–Trinajstić information content (AvgIpc) is 3.42. The van der Waals surface area contributed by atoms with E-state index in [9.17, 15) is 0 Å². The summed E-state index contributed by atoms with van der Waals surface area (Å²) in [6.45, 7) is 2.22. The molecule has 0 radical (unpaired) electrons. The zero-order chi connectivity index (χ0) is 30.0. The molecule has 2 aliphatic carbocycles. The van der Waals surface area contributed by atoms with E-state index in [1.165, 1.54) is 5.57 Å². The molecule has 1 aromatic heterocycles. The van der Waals surface area contributed by atoms with Crippen LogP contribution in [0.1, 0.15) is 29.7 Å². The highest BCUT2D eigenvalue weighted by Crippen LogP contribution is 2.49. The summed E-state index contributed by atoms with van der Waals surface area (Å²) in [5.41, 5.74) is 6.43. The molecule has 5 aromatic carbocycles. The highest BCUT2D eigenvalue weighted by atomic mass is 19.4. The zero-order valence-corrected chi connectivity index (χ0v) is 23.9. The number of furan rings is 1. The van der Waals surface area contributed by atoms with Crippen LogP contribution in [0, 0.1) is 5.92 Å². The van der Waals surface area contributed by atoms with E-state index in [0.717, 1.165) is 44.5 Å². The third-order valence-corrected chi connectivity index (χ3v) is 9.07. The smallest absolute Gasteiger partial charge is 0.417 e. The molecule has 0 bridgehead atoms. The highest BCUT2D eigenvalue weighted by molar-refractivity contribution is 6.06. The van der Waals surface area contributed by atoms with Gasteiger partial charge in [-0.3, -0.25) is 0 Å². The van der Waals surface area contributed by atoms with E-state index >= 15 is 13.2 Å². The average molecular weight is 581 g/mol. The van der Waals surface area contributed by atoms with Crippen LogP contribution in [0.3, 0.4) is 0 Å². The number of rotatable bonds is 3. The van der Waals surface area contributed by atoms with Crippen molar-refractivity contribution in [1.82, 2.24) is 0 Å². The largest absolute Gasteiger partial charge is 0.456 e. The van der Waals surface area contributed by atoms with Crippen LogP contribution in [0.25, 0.3) is 61.2 Å². The summed E-state index contributed by atoms with van der Waals surface area (Å²) in [5.74, 6) is 1.30. The van der Waals surface area contributed by atoms with Gasteiger partial charge in [0.2, 0.25) is 0 Å². The standard InChI is InChI=1S/C40H27F3O/c1-24-30-15-9-8-14-28(30)22-37-38(24)35-21-29(17-19-36(35)44-37)32-23-33(26-12-6-3-7-13-26)39(40(41,42)43)34-20-27(16-18-31(32)34)25-10-4-2-5-11-25/h2-24,30H,1H3. The molecule has 0 spiro atoms. The van der Waals surface area contributed by atoms with Crippen molar-refractivity contribution in [1.29, 1.82) is 0 Å². The van der Waals surface area contributed by atoms with Crippen LogP contribution in [0.4, 0.5) is 13.2 Å². The summed E-state index contributed by atoms with van der Waals surface area (Å²) < 4.78 is 51.4. The van der Waals surface area contributed by atoms with Crippen molar-refractivity contribution < 1.29 is 17.6 Å². The lowest BCUT2D eigenvalue weighted by molar-refractivity contribution is -0.135. The van der Waals surface area contributed by atoms with Crippen molar-refractivity contribution in [2.45, 2.75) is 19.0 Å². The van der Waals surface area contributed by atoms with Gasteiger partial charge in [0, 0.05) is 16.9 Å². The van der Waals surface area contributed by atoms with Crippen LogP contribution in [0.5, 0.6) is 0 Å². The SMILES string of the molecule is CC1c2c(oc3ccc(-c4cc(-c5ccccc5)c(C(F)(F)F)c5cc(-c6ccccc6)ccc45)cc23)C=C2C=CC=CC21. The van der Waals surface area contributed by atoms with E-state index in [2.05, 4.69) is 37.3 Å². The van der Waals surface area contributed by atoms with Gasteiger partial charge in [-0.1, -0.05) is 110 Å². The summed E-state index contributed by atoms with van der Waals surface area (Å²) in [7, 11) is 0. The lowest BCUT2D eigenvalue weighted by Gasteiger charge is -2.28. The van der Waals surface area contributed by atoms with Gasteiger partial charge in [-0.05, 0) is 86.0 Å². The van der Waals surface area contributed by atoms with Gasteiger partial charge in [0.25, 0.3) is 0 Å². The fraction of sp³-hybridized carbons (Fsp3) is 0.100. The lowest BCUT2D eigenvalue weighted by atomic mass is 9.75. The number of halogens is 3. The Labute approximate surface area is 253 Å². The maximum absolute atomic E-state index is 15.0. The Kier molecular flexibility index (Phi) is 6.02. The van der Waals surface area contributed by atoms with Gasteiger partial charge in [-0.25, -0.2) is 0 Å². The van der Waals surface area contributed by atoms with Gasteiger partial charge >= 0.3 is 6.18 Å². The second kappa shape index (κ2) is 9.99. The van der Waals surface area contributed by atoms with E-state index in [0.29, 0.717) is 10.9 Å². The molecule has 0 aliphatic heterocycles. The van der Waals surface area contributed by atoms with Gasteiger partial charge in [-0.2, -0.15) is 13.2 Å². The molecule has 4 heteroatoms. The first-order valence-corrected chi connectivity index (χ1v) is 14.8. The first-order valence-electron chi connectivity index (χ1n) is 14.8. The van der Waals surface area contributed by atoms with Gasteiger partial charge in [0.05, 0.1) is 5.56 Å². The first kappa shape index (κ1) is 26.5. The van der Waals surface area contributed by atoms with Crippen molar-refractivity contribution in [2.75, 3.05) is 0 Å². The molecule has 6 aromatic rings. The molecule has 0 saturated carbocycles. The molecule has 8 rings (SSSR count). The number of alkyl halides is 3. The second-order valence-corrected chi connectivity index (χ2v) is 11.6. The van der Waals surface area contributed by atoms with E-state index < -0.39 is 11.7 Å².